The summed E-state index contributed by atoms with van der Waals surface area (Å²) in [4.78, 5) is 32.4. The number of likely N-dealkylation sites (tertiary alicyclic amines) is 1. The molecule has 10 heteroatoms. The van der Waals surface area contributed by atoms with Gasteiger partial charge in [0.1, 0.15) is 29.8 Å². The second-order valence-corrected chi connectivity index (χ2v) is 13.4. The number of hydrogen-bond acceptors (Lipinski definition) is 7. The fourth-order valence-electron chi connectivity index (χ4n) is 8.05. The Morgan fingerprint density at radius 1 is 1.15 bits per heavy atom. The van der Waals surface area contributed by atoms with Crippen LogP contribution in [0.2, 0.25) is 0 Å². The maximum absolute atomic E-state index is 16.9. The van der Waals surface area contributed by atoms with E-state index in [2.05, 4.69) is 40.7 Å². The molecule has 3 saturated heterocycles. The number of halogens is 2. The summed E-state index contributed by atoms with van der Waals surface area (Å²) in [6.07, 6.45) is 7.32. The Balaban J connectivity index is 1.23. The van der Waals surface area contributed by atoms with Gasteiger partial charge in [-0.1, -0.05) is 43.0 Å². The molecule has 0 N–H and O–H groups in total. The van der Waals surface area contributed by atoms with E-state index >= 15 is 4.39 Å². The summed E-state index contributed by atoms with van der Waals surface area (Å²) < 4.78 is 37.7. The van der Waals surface area contributed by atoms with Gasteiger partial charge < -0.3 is 14.5 Å². The predicted octanol–water partition coefficient (Wildman–Crippen LogP) is 6.04. The number of hydrogen-bond donors (Lipinski definition) is 0. The van der Waals surface area contributed by atoms with Crippen LogP contribution < -0.4 is 9.64 Å². The first kappa shape index (κ1) is 29.2. The number of likely N-dealkylation sites (N-methyl/N-ethyl adjacent to an activating group) is 1. The summed E-state index contributed by atoms with van der Waals surface area (Å²) in [5.74, 6) is 0.318. The van der Waals surface area contributed by atoms with Crippen molar-refractivity contribution >= 4 is 33.4 Å². The van der Waals surface area contributed by atoms with Crippen LogP contribution in [0.4, 0.5) is 14.6 Å². The molecule has 0 spiro atoms. The second-order valence-electron chi connectivity index (χ2n) is 13.4. The SMILES string of the molecule is C=CC(=O)N1CC[C@@H](N(C)c2nc(OC[C@@]34CCCN3C[C@H](F)C4)nc3c(F)c(-c4cccc5cccc(C6CC6)c45)ncc23)C1. The van der Waals surface area contributed by atoms with Gasteiger partial charge in [0, 0.05) is 50.9 Å². The van der Waals surface area contributed by atoms with Crippen molar-refractivity contribution in [2.75, 3.05) is 44.7 Å². The van der Waals surface area contributed by atoms with Crippen LogP contribution >= 0.6 is 0 Å². The molecule has 0 bridgehead atoms. The van der Waals surface area contributed by atoms with Crippen LogP contribution in [0, 0.1) is 5.82 Å². The standard InChI is InChI=1S/C36H38F2N6O2/c1-3-29(45)43-16-13-25(20-43)42(2)34-28-18-39-32(27-10-5-8-23-7-4-9-26(30(23)27)22-11-12-22)31(38)33(28)40-35(41-34)46-21-36-14-6-15-44(36)19-24(37)17-36/h3-5,7-10,18,22,24-25H,1,6,11-17,19-21H2,2H3/t24-,25-,36+/m1/s1. The predicted molar refractivity (Wildman–Crippen MR) is 174 cm³/mol. The highest BCUT2D eigenvalue weighted by Gasteiger charge is 2.49. The normalized spacial score (nSPS) is 24.5. The molecule has 238 valence electrons. The number of rotatable bonds is 8. The minimum Gasteiger partial charge on any atom is -0.461 e. The van der Waals surface area contributed by atoms with Crippen molar-refractivity contribution in [3.8, 4) is 17.3 Å². The Labute approximate surface area is 267 Å². The Morgan fingerprint density at radius 3 is 2.78 bits per heavy atom. The molecule has 3 atom stereocenters. The third-order valence-corrected chi connectivity index (χ3v) is 10.6. The summed E-state index contributed by atoms with van der Waals surface area (Å²) in [5.41, 5.74) is 1.94. The maximum Gasteiger partial charge on any atom is 0.319 e. The number of benzene rings is 2. The average molecular weight is 625 g/mol. The van der Waals surface area contributed by atoms with E-state index in [1.165, 1.54) is 11.6 Å². The third-order valence-electron chi connectivity index (χ3n) is 10.6. The van der Waals surface area contributed by atoms with Crippen molar-refractivity contribution in [3.05, 3.63) is 66.6 Å². The Bertz CT molecular complexity index is 1860. The third kappa shape index (κ3) is 4.89. The van der Waals surface area contributed by atoms with E-state index in [0.717, 1.165) is 55.0 Å². The van der Waals surface area contributed by atoms with Gasteiger partial charge in [-0.25, -0.2) is 8.78 Å². The number of aromatic nitrogens is 3. The van der Waals surface area contributed by atoms with Gasteiger partial charge in [0.05, 0.1) is 10.9 Å². The lowest BCUT2D eigenvalue weighted by atomic mass is 9.94. The van der Waals surface area contributed by atoms with Crippen LogP contribution in [0.5, 0.6) is 6.01 Å². The molecule has 4 aromatic rings. The largest absolute Gasteiger partial charge is 0.461 e. The van der Waals surface area contributed by atoms with Crippen molar-refractivity contribution in [3.63, 3.8) is 0 Å². The zero-order valence-electron chi connectivity index (χ0n) is 26.1. The van der Waals surface area contributed by atoms with Crippen LogP contribution in [0.1, 0.15) is 50.0 Å². The molecule has 4 aliphatic rings. The zero-order chi connectivity index (χ0) is 31.6. The fourth-order valence-corrected chi connectivity index (χ4v) is 8.05. The fraction of sp³-hybridized carbons (Fsp3) is 0.444. The molecule has 1 aliphatic carbocycles. The van der Waals surface area contributed by atoms with E-state index in [0.29, 0.717) is 43.2 Å². The van der Waals surface area contributed by atoms with E-state index in [-0.39, 0.29) is 35.8 Å². The molecule has 2 aromatic heterocycles. The lowest BCUT2D eigenvalue weighted by Crippen LogP contribution is -2.43. The van der Waals surface area contributed by atoms with E-state index in [9.17, 15) is 9.18 Å². The van der Waals surface area contributed by atoms with Crippen molar-refractivity contribution in [2.45, 2.75) is 62.2 Å². The molecule has 46 heavy (non-hydrogen) atoms. The quantitative estimate of drug-likeness (QED) is 0.221. The van der Waals surface area contributed by atoms with Crippen LogP contribution in [-0.2, 0) is 4.79 Å². The number of amides is 1. The van der Waals surface area contributed by atoms with Gasteiger partial charge >= 0.3 is 6.01 Å². The Kier molecular flexibility index (Phi) is 7.16. The minimum absolute atomic E-state index is 0.0530. The molecule has 8 rings (SSSR count). The number of carbonyl (C=O) groups is 1. The highest BCUT2D eigenvalue weighted by atomic mass is 19.1. The van der Waals surface area contributed by atoms with Gasteiger partial charge in [-0.2, -0.15) is 9.97 Å². The maximum atomic E-state index is 16.9. The lowest BCUT2D eigenvalue weighted by Gasteiger charge is -2.31. The molecule has 0 unspecified atom stereocenters. The van der Waals surface area contributed by atoms with Crippen molar-refractivity contribution in [1.82, 2.24) is 24.8 Å². The number of carbonyl (C=O) groups excluding carboxylic acids is 1. The molecule has 2 aromatic carbocycles. The van der Waals surface area contributed by atoms with Gasteiger partial charge in [0.25, 0.3) is 0 Å². The van der Waals surface area contributed by atoms with Crippen molar-refractivity contribution in [2.24, 2.45) is 0 Å². The summed E-state index contributed by atoms with van der Waals surface area (Å²) >= 11 is 0. The number of anilines is 1. The van der Waals surface area contributed by atoms with Crippen LogP contribution in [0.15, 0.2) is 55.3 Å². The first-order valence-corrected chi connectivity index (χ1v) is 16.4. The highest BCUT2D eigenvalue weighted by Crippen LogP contribution is 2.46. The number of pyridine rings is 1. The van der Waals surface area contributed by atoms with Gasteiger partial charge in [0.2, 0.25) is 5.91 Å². The molecule has 1 saturated carbocycles. The van der Waals surface area contributed by atoms with Crippen molar-refractivity contribution < 1.29 is 18.3 Å². The molecule has 5 heterocycles. The molecular formula is C36H38F2N6O2. The van der Waals surface area contributed by atoms with Crippen LogP contribution in [0.3, 0.4) is 0 Å². The summed E-state index contributed by atoms with van der Waals surface area (Å²) in [5, 5.41) is 2.55. The lowest BCUT2D eigenvalue weighted by molar-refractivity contribution is -0.125. The van der Waals surface area contributed by atoms with E-state index in [4.69, 9.17) is 14.7 Å². The number of nitrogens with zero attached hydrogens (tertiary/aromatic N) is 6. The first-order valence-electron chi connectivity index (χ1n) is 16.4. The number of alkyl halides is 1. The van der Waals surface area contributed by atoms with E-state index < -0.39 is 17.5 Å². The van der Waals surface area contributed by atoms with Crippen LogP contribution in [0.25, 0.3) is 32.9 Å². The molecular weight excluding hydrogens is 586 g/mol. The summed E-state index contributed by atoms with van der Waals surface area (Å²) in [6, 6.07) is 12.2. The monoisotopic (exact) mass is 624 g/mol. The summed E-state index contributed by atoms with van der Waals surface area (Å²) in [7, 11) is 1.90. The van der Waals surface area contributed by atoms with E-state index in [1.807, 2.05) is 24.1 Å². The van der Waals surface area contributed by atoms with Crippen molar-refractivity contribution in [1.29, 1.82) is 0 Å². The minimum atomic E-state index is -0.890. The molecule has 1 amide bonds. The van der Waals surface area contributed by atoms with Gasteiger partial charge in [-0.05, 0) is 67.0 Å². The zero-order valence-corrected chi connectivity index (χ0v) is 26.1. The van der Waals surface area contributed by atoms with Gasteiger partial charge in [-0.3, -0.25) is 14.7 Å². The smallest absolute Gasteiger partial charge is 0.319 e. The molecule has 3 aliphatic heterocycles. The first-order chi connectivity index (χ1) is 22.3. The molecule has 0 radical (unpaired) electrons. The highest BCUT2D eigenvalue weighted by molar-refractivity contribution is 6.01. The number of ether oxygens (including phenoxy) is 1. The Morgan fingerprint density at radius 2 is 1.98 bits per heavy atom. The van der Waals surface area contributed by atoms with Gasteiger partial charge in [0.15, 0.2) is 5.82 Å². The molecule has 8 nitrogen and oxygen atoms in total. The van der Waals surface area contributed by atoms with E-state index in [1.54, 1.807) is 11.1 Å². The Hall–Kier alpha value is -4.18. The molecule has 4 fully saturated rings. The topological polar surface area (TPSA) is 74.7 Å². The van der Waals surface area contributed by atoms with Crippen LogP contribution in [-0.4, -0.2) is 88.2 Å². The second kappa shape index (κ2) is 11.3. The van der Waals surface area contributed by atoms with Gasteiger partial charge in [-0.15, -0.1) is 0 Å². The number of fused-ring (bicyclic) bond motifs is 3. The summed E-state index contributed by atoms with van der Waals surface area (Å²) in [6.45, 7) is 6.21. The average Bonchev–Trinajstić information content (AvgIpc) is 3.53.